The molecule has 0 unspecified atom stereocenters. The molecule has 1 heteroatoms. The second kappa shape index (κ2) is 14.6. The lowest BCUT2D eigenvalue weighted by Gasteiger charge is -2.28. The van der Waals surface area contributed by atoms with Crippen LogP contribution >= 0.6 is 0 Å². The highest BCUT2D eigenvalue weighted by Crippen LogP contribution is 2.43. The molecule has 0 amide bonds. The third-order valence-corrected chi connectivity index (χ3v) is 11.8. The van der Waals surface area contributed by atoms with Crippen LogP contribution in [-0.2, 0) is 0 Å². The highest BCUT2D eigenvalue weighted by atomic mass is 15.1. The Morgan fingerprint density at radius 1 is 0.220 bits per heavy atom. The summed E-state index contributed by atoms with van der Waals surface area (Å²) in [4.78, 5) is 2.41. The maximum absolute atomic E-state index is 2.41. The van der Waals surface area contributed by atoms with Crippen molar-refractivity contribution in [1.29, 1.82) is 0 Å². The minimum Gasteiger partial charge on any atom is -0.310 e. The highest BCUT2D eigenvalue weighted by molar-refractivity contribution is 6.25. The van der Waals surface area contributed by atoms with Gasteiger partial charge in [0.05, 0.1) is 5.69 Å². The fourth-order valence-electron chi connectivity index (χ4n) is 9.02. The van der Waals surface area contributed by atoms with Gasteiger partial charge in [0, 0.05) is 16.9 Å². The van der Waals surface area contributed by atoms with E-state index in [1.165, 1.54) is 87.6 Å². The van der Waals surface area contributed by atoms with Gasteiger partial charge in [-0.1, -0.05) is 194 Å². The monoisotopic (exact) mass is 749 g/mol. The SMILES string of the molecule is c1ccc(-c2ccccc2N(c2ccc(-c3ccc4c5ccccc5c5ccccc5c4c3)cc2)c2cccc(-c3cccc(-c4cccc5ccccc45)c3)c2)cc1. The smallest absolute Gasteiger partial charge is 0.0540 e. The molecule has 11 rings (SSSR count). The van der Waals surface area contributed by atoms with Crippen molar-refractivity contribution >= 4 is 60.2 Å². The third kappa shape index (κ3) is 6.21. The molecule has 0 spiro atoms. The average Bonchev–Trinajstić information content (AvgIpc) is 3.32. The van der Waals surface area contributed by atoms with E-state index in [0.717, 1.165) is 17.1 Å². The molecule has 0 saturated carbocycles. The van der Waals surface area contributed by atoms with Gasteiger partial charge in [-0.25, -0.2) is 0 Å². The van der Waals surface area contributed by atoms with Gasteiger partial charge < -0.3 is 4.90 Å². The zero-order chi connectivity index (χ0) is 39.1. The summed E-state index contributed by atoms with van der Waals surface area (Å²) in [5.74, 6) is 0. The van der Waals surface area contributed by atoms with Gasteiger partial charge in [0.1, 0.15) is 0 Å². The number of nitrogens with zero attached hydrogens (tertiary/aromatic N) is 1. The fourth-order valence-corrected chi connectivity index (χ4v) is 9.02. The largest absolute Gasteiger partial charge is 0.310 e. The van der Waals surface area contributed by atoms with Crippen LogP contribution in [0.3, 0.4) is 0 Å². The number of rotatable bonds is 7. The standard InChI is InChI=1S/C58H39N/c1-2-15-42(16-3-1)51-24-10-11-30-58(51)59(48-22-13-20-44(38-48)43-19-12-21-46(37-43)50-29-14-18-41-17-4-5-23-49(41)50)47-34-31-40(32-35-47)45-33-36-56-54-27-7-6-25-52(54)53-26-8-9-28-55(53)57(56)39-45/h1-39H. The Hall–Kier alpha value is -7.74. The molecule has 11 aromatic rings. The molecular weight excluding hydrogens is 711 g/mol. The van der Waals surface area contributed by atoms with Crippen molar-refractivity contribution in [3.05, 3.63) is 237 Å². The summed E-state index contributed by atoms with van der Waals surface area (Å²) in [5, 5.41) is 10.2. The molecule has 0 heterocycles. The van der Waals surface area contributed by atoms with Crippen LogP contribution in [-0.4, -0.2) is 0 Å². The first kappa shape index (κ1) is 34.5. The van der Waals surface area contributed by atoms with Gasteiger partial charge in [-0.3, -0.25) is 0 Å². The van der Waals surface area contributed by atoms with E-state index in [4.69, 9.17) is 0 Å². The van der Waals surface area contributed by atoms with Crippen LogP contribution in [0.2, 0.25) is 0 Å². The van der Waals surface area contributed by atoms with Gasteiger partial charge >= 0.3 is 0 Å². The van der Waals surface area contributed by atoms with Crippen LogP contribution in [0.4, 0.5) is 17.1 Å². The molecule has 0 aliphatic heterocycles. The zero-order valence-electron chi connectivity index (χ0n) is 32.5. The molecule has 276 valence electrons. The highest BCUT2D eigenvalue weighted by Gasteiger charge is 2.19. The van der Waals surface area contributed by atoms with E-state index in [2.05, 4.69) is 241 Å². The van der Waals surface area contributed by atoms with Gasteiger partial charge in [0.2, 0.25) is 0 Å². The molecule has 1 nitrogen and oxygen atoms in total. The summed E-state index contributed by atoms with van der Waals surface area (Å²) in [7, 11) is 0. The Labute approximate surface area is 344 Å². The van der Waals surface area contributed by atoms with E-state index >= 15 is 0 Å². The molecule has 0 aliphatic carbocycles. The zero-order valence-corrected chi connectivity index (χ0v) is 32.5. The lowest BCUT2D eigenvalue weighted by molar-refractivity contribution is 1.28. The van der Waals surface area contributed by atoms with Gasteiger partial charge in [0.25, 0.3) is 0 Å². The predicted octanol–water partition coefficient (Wildman–Crippen LogP) is 16.4. The normalized spacial score (nSPS) is 11.4. The first-order chi connectivity index (χ1) is 29.3. The maximum atomic E-state index is 2.41. The molecule has 11 aromatic carbocycles. The second-order valence-corrected chi connectivity index (χ2v) is 15.3. The van der Waals surface area contributed by atoms with Crippen molar-refractivity contribution in [2.75, 3.05) is 4.90 Å². The number of fused-ring (bicyclic) bond motifs is 7. The summed E-state index contributed by atoms with van der Waals surface area (Å²) in [6.45, 7) is 0. The molecule has 0 aromatic heterocycles. The number of para-hydroxylation sites is 1. The van der Waals surface area contributed by atoms with E-state index < -0.39 is 0 Å². The second-order valence-electron chi connectivity index (χ2n) is 15.3. The van der Waals surface area contributed by atoms with Crippen molar-refractivity contribution in [2.24, 2.45) is 0 Å². The molecule has 0 aliphatic rings. The van der Waals surface area contributed by atoms with Crippen LogP contribution in [0.25, 0.3) is 87.6 Å². The first-order valence-corrected chi connectivity index (χ1v) is 20.3. The van der Waals surface area contributed by atoms with Gasteiger partial charge in [0.15, 0.2) is 0 Å². The Kier molecular flexibility index (Phi) is 8.56. The van der Waals surface area contributed by atoms with Crippen molar-refractivity contribution in [3.63, 3.8) is 0 Å². The number of hydrogen-bond donors (Lipinski definition) is 0. The van der Waals surface area contributed by atoms with E-state index in [0.29, 0.717) is 0 Å². The maximum Gasteiger partial charge on any atom is 0.0540 e. The molecular formula is C58H39N. The molecule has 0 bridgehead atoms. The lowest BCUT2D eigenvalue weighted by Crippen LogP contribution is -2.11. The minimum absolute atomic E-state index is 1.09. The molecule has 0 atom stereocenters. The minimum atomic E-state index is 1.09. The Balaban J connectivity index is 1.03. The van der Waals surface area contributed by atoms with Crippen LogP contribution < -0.4 is 4.90 Å². The number of benzene rings is 11. The van der Waals surface area contributed by atoms with Gasteiger partial charge in [-0.2, -0.15) is 0 Å². The number of anilines is 3. The summed E-state index contributed by atoms with van der Waals surface area (Å²) >= 11 is 0. The van der Waals surface area contributed by atoms with E-state index in [1.807, 2.05) is 0 Å². The predicted molar refractivity (Wildman–Crippen MR) is 253 cm³/mol. The molecule has 0 radical (unpaired) electrons. The fraction of sp³-hybridized carbons (Fsp3) is 0. The van der Waals surface area contributed by atoms with Gasteiger partial charge in [-0.15, -0.1) is 0 Å². The Morgan fingerprint density at radius 3 is 1.47 bits per heavy atom. The molecule has 0 N–H and O–H groups in total. The Morgan fingerprint density at radius 2 is 0.712 bits per heavy atom. The van der Waals surface area contributed by atoms with E-state index in [-0.39, 0.29) is 0 Å². The van der Waals surface area contributed by atoms with E-state index in [1.54, 1.807) is 0 Å². The molecule has 0 saturated heterocycles. The van der Waals surface area contributed by atoms with Crippen LogP contribution in [0.5, 0.6) is 0 Å². The molecule has 59 heavy (non-hydrogen) atoms. The Bertz CT molecular complexity index is 3280. The van der Waals surface area contributed by atoms with Crippen molar-refractivity contribution in [1.82, 2.24) is 0 Å². The van der Waals surface area contributed by atoms with Crippen LogP contribution in [0.15, 0.2) is 237 Å². The average molecular weight is 750 g/mol. The summed E-state index contributed by atoms with van der Waals surface area (Å²) in [6, 6.07) is 86.2. The number of hydrogen-bond acceptors (Lipinski definition) is 1. The summed E-state index contributed by atoms with van der Waals surface area (Å²) in [6.07, 6.45) is 0. The quantitative estimate of drug-likeness (QED) is 0.147. The molecule has 0 fully saturated rings. The van der Waals surface area contributed by atoms with Crippen molar-refractivity contribution < 1.29 is 0 Å². The van der Waals surface area contributed by atoms with Gasteiger partial charge in [-0.05, 0) is 124 Å². The summed E-state index contributed by atoms with van der Waals surface area (Å²) < 4.78 is 0. The van der Waals surface area contributed by atoms with Crippen molar-refractivity contribution in [3.8, 4) is 44.5 Å². The topological polar surface area (TPSA) is 3.24 Å². The first-order valence-electron chi connectivity index (χ1n) is 20.3. The van der Waals surface area contributed by atoms with E-state index in [9.17, 15) is 0 Å². The third-order valence-electron chi connectivity index (χ3n) is 11.8. The summed E-state index contributed by atoms with van der Waals surface area (Å²) in [5.41, 5.74) is 12.9. The van der Waals surface area contributed by atoms with Crippen molar-refractivity contribution in [2.45, 2.75) is 0 Å². The van der Waals surface area contributed by atoms with Crippen LogP contribution in [0.1, 0.15) is 0 Å². The lowest BCUT2D eigenvalue weighted by atomic mass is 9.92. The van der Waals surface area contributed by atoms with Crippen LogP contribution in [0, 0.1) is 0 Å².